The summed E-state index contributed by atoms with van der Waals surface area (Å²) in [6.07, 6.45) is 6.07. The fourth-order valence-corrected chi connectivity index (χ4v) is 0.653. The third-order valence-electron chi connectivity index (χ3n) is 1.37. The zero-order chi connectivity index (χ0) is 5.28. The minimum atomic E-state index is 0.273. The second-order valence-corrected chi connectivity index (χ2v) is 1.95. The molecule has 0 heterocycles. The molecule has 0 amide bonds. The molecule has 1 saturated carbocycles. The summed E-state index contributed by atoms with van der Waals surface area (Å²) in [7, 11) is 0. The first-order chi connectivity index (χ1) is 3.38. The molecule has 0 radical (unpaired) electrons. The largest absolute Gasteiger partial charge is 0.396 e. The van der Waals surface area contributed by atoms with Crippen LogP contribution in [0.2, 0.25) is 0 Å². The zero-order valence-corrected chi connectivity index (χ0v) is 4.09. The van der Waals surface area contributed by atoms with Crippen molar-refractivity contribution in [2.45, 2.75) is 6.42 Å². The summed E-state index contributed by atoms with van der Waals surface area (Å²) in [6.45, 7) is 0.273. The Morgan fingerprint density at radius 3 is 2.71 bits per heavy atom. The smallest absolute Gasteiger partial charge is 0.0471 e. The second kappa shape index (κ2) is 1.55. The maximum absolute atomic E-state index is 8.41. The molecule has 1 rings (SSSR count). The van der Waals surface area contributed by atoms with E-state index in [1.807, 2.05) is 0 Å². The van der Waals surface area contributed by atoms with Crippen molar-refractivity contribution in [3.05, 3.63) is 0 Å². The van der Waals surface area contributed by atoms with Crippen LogP contribution in [0.4, 0.5) is 0 Å². The number of aliphatic hydroxyl groups excluding tert-OH is 1. The van der Waals surface area contributed by atoms with Crippen molar-refractivity contribution >= 4 is 0 Å². The van der Waals surface area contributed by atoms with Gasteiger partial charge in [0.05, 0.1) is 0 Å². The average molecular weight is 96.1 g/mol. The Morgan fingerprint density at radius 1 is 1.86 bits per heavy atom. The maximum Gasteiger partial charge on any atom is 0.0471 e. The molecule has 7 heavy (non-hydrogen) atoms. The van der Waals surface area contributed by atoms with Crippen molar-refractivity contribution in [2.24, 2.45) is 11.8 Å². The highest BCUT2D eigenvalue weighted by Crippen LogP contribution is 2.36. The molecule has 0 aromatic rings. The topological polar surface area (TPSA) is 20.2 Å². The quantitative estimate of drug-likeness (QED) is 0.464. The van der Waals surface area contributed by atoms with E-state index in [2.05, 4.69) is 5.92 Å². The van der Waals surface area contributed by atoms with Crippen LogP contribution >= 0.6 is 0 Å². The summed E-state index contributed by atoms with van der Waals surface area (Å²) < 4.78 is 0. The van der Waals surface area contributed by atoms with Crippen LogP contribution in [0.1, 0.15) is 6.42 Å². The van der Waals surface area contributed by atoms with E-state index >= 15 is 0 Å². The molecule has 0 spiro atoms. The maximum atomic E-state index is 8.41. The number of hydrogen-bond donors (Lipinski definition) is 1. The fourth-order valence-electron chi connectivity index (χ4n) is 0.653. The first-order valence-corrected chi connectivity index (χ1v) is 2.45. The van der Waals surface area contributed by atoms with Crippen molar-refractivity contribution in [1.82, 2.24) is 0 Å². The highest BCUT2D eigenvalue weighted by atomic mass is 16.3. The van der Waals surface area contributed by atoms with Crippen LogP contribution in [0.25, 0.3) is 0 Å². The lowest BCUT2D eigenvalue weighted by Gasteiger charge is -1.79. The summed E-state index contributed by atoms with van der Waals surface area (Å²) in [5, 5.41) is 8.41. The lowest BCUT2D eigenvalue weighted by Crippen LogP contribution is -1.84. The minimum absolute atomic E-state index is 0.273. The summed E-state index contributed by atoms with van der Waals surface area (Å²) in [5.41, 5.74) is 0. The Morgan fingerprint density at radius 2 is 2.57 bits per heavy atom. The summed E-state index contributed by atoms with van der Waals surface area (Å²) >= 11 is 0. The Labute approximate surface area is 43.4 Å². The van der Waals surface area contributed by atoms with Gasteiger partial charge in [0.1, 0.15) is 0 Å². The highest BCUT2D eigenvalue weighted by Gasteiger charge is 2.34. The predicted octanol–water partition coefficient (Wildman–Crippen LogP) is 0.248. The van der Waals surface area contributed by atoms with Crippen molar-refractivity contribution < 1.29 is 5.11 Å². The van der Waals surface area contributed by atoms with Gasteiger partial charge in [-0.3, -0.25) is 0 Å². The third-order valence-corrected chi connectivity index (χ3v) is 1.37. The molecule has 1 fully saturated rings. The molecule has 1 N–H and O–H groups in total. The van der Waals surface area contributed by atoms with Gasteiger partial charge in [0.2, 0.25) is 0 Å². The fraction of sp³-hybridized carbons (Fsp3) is 0.667. The van der Waals surface area contributed by atoms with Crippen LogP contribution < -0.4 is 0 Å². The number of rotatable bonds is 1. The molecule has 0 aromatic carbocycles. The van der Waals surface area contributed by atoms with Crippen molar-refractivity contribution in [1.29, 1.82) is 0 Å². The minimum Gasteiger partial charge on any atom is -0.396 e. The lowest BCUT2D eigenvalue weighted by molar-refractivity contribution is 0.273. The van der Waals surface area contributed by atoms with Gasteiger partial charge < -0.3 is 5.11 Å². The van der Waals surface area contributed by atoms with Crippen LogP contribution in [0, 0.1) is 24.2 Å². The van der Waals surface area contributed by atoms with Crippen molar-refractivity contribution in [3.8, 4) is 12.3 Å². The molecule has 2 unspecified atom stereocenters. The van der Waals surface area contributed by atoms with E-state index < -0.39 is 0 Å². The molecule has 0 aliphatic heterocycles. The molecule has 2 atom stereocenters. The molecule has 1 nitrogen and oxygen atoms in total. The third kappa shape index (κ3) is 0.755. The van der Waals surface area contributed by atoms with Crippen LogP contribution in [0.3, 0.4) is 0 Å². The Kier molecular flexibility index (Phi) is 1.04. The van der Waals surface area contributed by atoms with E-state index in [9.17, 15) is 0 Å². The first kappa shape index (κ1) is 4.67. The van der Waals surface area contributed by atoms with Crippen LogP contribution in [-0.2, 0) is 0 Å². The van der Waals surface area contributed by atoms with Crippen LogP contribution in [-0.4, -0.2) is 11.7 Å². The molecular formula is C6H8O. The van der Waals surface area contributed by atoms with E-state index in [1.165, 1.54) is 0 Å². The van der Waals surface area contributed by atoms with E-state index in [0.29, 0.717) is 11.8 Å². The summed E-state index contributed by atoms with van der Waals surface area (Å²) in [4.78, 5) is 0. The van der Waals surface area contributed by atoms with Crippen LogP contribution in [0.5, 0.6) is 0 Å². The molecular weight excluding hydrogens is 88.1 g/mol. The van der Waals surface area contributed by atoms with Gasteiger partial charge in [-0.15, -0.1) is 12.3 Å². The average Bonchev–Trinajstić information content (AvgIpc) is 2.43. The van der Waals surface area contributed by atoms with Gasteiger partial charge in [0, 0.05) is 12.5 Å². The molecule has 1 heteroatoms. The van der Waals surface area contributed by atoms with Gasteiger partial charge >= 0.3 is 0 Å². The van der Waals surface area contributed by atoms with Gasteiger partial charge in [-0.25, -0.2) is 0 Å². The highest BCUT2D eigenvalue weighted by molar-refractivity contribution is 5.06. The molecule has 1 aliphatic rings. The van der Waals surface area contributed by atoms with Gasteiger partial charge in [-0.05, 0) is 12.3 Å². The number of hydrogen-bond acceptors (Lipinski definition) is 1. The second-order valence-electron chi connectivity index (χ2n) is 1.95. The Bertz CT molecular complexity index is 101. The normalized spacial score (nSPS) is 37.1. The van der Waals surface area contributed by atoms with Gasteiger partial charge in [0.25, 0.3) is 0 Å². The van der Waals surface area contributed by atoms with E-state index in [0.717, 1.165) is 6.42 Å². The van der Waals surface area contributed by atoms with E-state index in [4.69, 9.17) is 11.5 Å². The molecule has 0 saturated heterocycles. The Hall–Kier alpha value is -0.480. The van der Waals surface area contributed by atoms with Crippen molar-refractivity contribution in [2.75, 3.05) is 6.61 Å². The number of aliphatic hydroxyl groups is 1. The first-order valence-electron chi connectivity index (χ1n) is 2.45. The molecule has 0 bridgehead atoms. The zero-order valence-electron chi connectivity index (χ0n) is 4.09. The Balaban J connectivity index is 2.21. The van der Waals surface area contributed by atoms with E-state index in [1.54, 1.807) is 0 Å². The standard InChI is InChI=1S/C6H8O/c1-2-5-3-6(5)4-7/h1,5-7H,3-4H2. The number of terminal acetylenes is 1. The van der Waals surface area contributed by atoms with Crippen LogP contribution in [0.15, 0.2) is 0 Å². The van der Waals surface area contributed by atoms with E-state index in [-0.39, 0.29) is 6.61 Å². The SMILES string of the molecule is C#CC1CC1CO. The lowest BCUT2D eigenvalue weighted by atomic mass is 10.3. The molecule has 0 aromatic heterocycles. The van der Waals surface area contributed by atoms with Gasteiger partial charge in [-0.2, -0.15) is 0 Å². The van der Waals surface area contributed by atoms with Crippen molar-refractivity contribution in [3.63, 3.8) is 0 Å². The molecule has 1 aliphatic carbocycles. The predicted molar refractivity (Wildman–Crippen MR) is 27.5 cm³/mol. The van der Waals surface area contributed by atoms with Gasteiger partial charge in [0.15, 0.2) is 0 Å². The molecule has 38 valence electrons. The summed E-state index contributed by atoms with van der Waals surface area (Å²) in [5.74, 6) is 3.41. The summed E-state index contributed by atoms with van der Waals surface area (Å²) in [6, 6.07) is 0. The monoisotopic (exact) mass is 96.1 g/mol. The van der Waals surface area contributed by atoms with Gasteiger partial charge in [-0.1, -0.05) is 0 Å².